The molecule has 0 aromatic heterocycles. The van der Waals surface area contributed by atoms with Gasteiger partial charge in [-0.2, -0.15) is 0 Å². The van der Waals surface area contributed by atoms with Crippen LogP contribution >= 0.6 is 0 Å². The van der Waals surface area contributed by atoms with E-state index in [2.05, 4.69) is 5.32 Å². The summed E-state index contributed by atoms with van der Waals surface area (Å²) < 4.78 is 5.14. The number of aliphatic carboxylic acids is 1. The van der Waals surface area contributed by atoms with Crippen LogP contribution in [-0.4, -0.2) is 34.1 Å². The molecule has 0 aliphatic rings. The van der Waals surface area contributed by atoms with E-state index in [4.69, 9.17) is 4.74 Å². The largest absolute Gasteiger partial charge is 0.479 e. The molecule has 6 nitrogen and oxygen atoms in total. The van der Waals surface area contributed by atoms with Gasteiger partial charge in [0.1, 0.15) is 11.4 Å². The second-order valence-electron chi connectivity index (χ2n) is 6.56. The highest BCUT2D eigenvalue weighted by Gasteiger charge is 2.42. The summed E-state index contributed by atoms with van der Waals surface area (Å²) in [5.74, 6) is -1.61. The van der Waals surface area contributed by atoms with E-state index < -0.39 is 23.2 Å². The molecule has 6 heteroatoms. The first kappa shape index (κ1) is 18.7. The van der Waals surface area contributed by atoms with E-state index in [9.17, 15) is 19.5 Å². The number of carboxylic acid groups (broad SMARTS) is 1. The standard InChI is InChI=1S/C17H23NO5/c1-12(19)10-17(14(20)21,11-13-8-6-5-7-9-13)18-15(22)23-16(2,3)4/h5-9H,10-11H2,1-4H3,(H,18,22)(H,20,21)/t17-/m0/s1. The normalized spacial score (nSPS) is 13.7. The SMILES string of the molecule is CC(=O)C[C@@](Cc1ccccc1)(NC(=O)OC(C)(C)C)C(=O)O. The number of benzene rings is 1. The van der Waals surface area contributed by atoms with Crippen LogP contribution in [-0.2, 0) is 20.7 Å². The highest BCUT2D eigenvalue weighted by molar-refractivity contribution is 5.91. The van der Waals surface area contributed by atoms with Crippen LogP contribution in [0.25, 0.3) is 0 Å². The van der Waals surface area contributed by atoms with Crippen molar-refractivity contribution in [2.45, 2.75) is 51.7 Å². The summed E-state index contributed by atoms with van der Waals surface area (Å²) in [6.07, 6.45) is -1.20. The maximum atomic E-state index is 12.0. The zero-order valence-electron chi connectivity index (χ0n) is 13.9. The van der Waals surface area contributed by atoms with Crippen molar-refractivity contribution < 1.29 is 24.2 Å². The highest BCUT2D eigenvalue weighted by Crippen LogP contribution is 2.20. The number of Topliss-reactive ketones (excluding diaryl/α,β-unsaturated/α-hetero) is 1. The average Bonchev–Trinajstić information content (AvgIpc) is 2.36. The molecule has 1 aromatic carbocycles. The zero-order valence-corrected chi connectivity index (χ0v) is 13.9. The number of ether oxygens (including phenoxy) is 1. The van der Waals surface area contributed by atoms with Crippen LogP contribution in [0.1, 0.15) is 39.7 Å². The summed E-state index contributed by atoms with van der Waals surface area (Å²) in [6, 6.07) is 8.83. The maximum Gasteiger partial charge on any atom is 0.408 e. The maximum absolute atomic E-state index is 12.0. The Hall–Kier alpha value is -2.37. The van der Waals surface area contributed by atoms with Gasteiger partial charge in [0.15, 0.2) is 5.54 Å². The number of carboxylic acids is 1. The number of hydrogen-bond donors (Lipinski definition) is 2. The number of amides is 1. The van der Waals surface area contributed by atoms with Crippen LogP contribution in [0.5, 0.6) is 0 Å². The molecule has 0 spiro atoms. The first-order valence-electron chi connectivity index (χ1n) is 7.32. The molecule has 0 bridgehead atoms. The lowest BCUT2D eigenvalue weighted by Gasteiger charge is -2.31. The van der Waals surface area contributed by atoms with Gasteiger partial charge in [0.25, 0.3) is 0 Å². The quantitative estimate of drug-likeness (QED) is 0.840. The fourth-order valence-electron chi connectivity index (χ4n) is 2.22. The van der Waals surface area contributed by atoms with Crippen molar-refractivity contribution in [2.24, 2.45) is 0 Å². The number of nitrogens with one attached hydrogen (secondary N) is 1. The Bertz CT molecular complexity index is 576. The molecule has 2 N–H and O–H groups in total. The second kappa shape index (κ2) is 7.26. The van der Waals surface area contributed by atoms with Gasteiger partial charge in [0, 0.05) is 12.8 Å². The summed E-state index contributed by atoms with van der Waals surface area (Å²) in [5.41, 5.74) is -1.81. The van der Waals surface area contributed by atoms with Gasteiger partial charge < -0.3 is 15.2 Å². The lowest BCUT2D eigenvalue weighted by molar-refractivity contribution is -0.147. The van der Waals surface area contributed by atoms with Crippen molar-refractivity contribution in [1.29, 1.82) is 0 Å². The van der Waals surface area contributed by atoms with Crippen LogP contribution < -0.4 is 5.32 Å². The Balaban J connectivity index is 3.10. The summed E-state index contributed by atoms with van der Waals surface area (Å²) in [4.78, 5) is 35.4. The molecule has 1 aromatic rings. The van der Waals surface area contributed by atoms with Crippen LogP contribution in [0.4, 0.5) is 4.79 Å². The van der Waals surface area contributed by atoms with Crippen molar-refractivity contribution in [1.82, 2.24) is 5.32 Å². The fourth-order valence-corrected chi connectivity index (χ4v) is 2.22. The number of hydrogen-bond acceptors (Lipinski definition) is 4. The molecule has 126 valence electrons. The van der Waals surface area contributed by atoms with Crippen molar-refractivity contribution in [3.63, 3.8) is 0 Å². The molecule has 0 aliphatic carbocycles. The molecule has 0 saturated heterocycles. The molecule has 1 atom stereocenters. The first-order chi connectivity index (χ1) is 10.5. The highest BCUT2D eigenvalue weighted by atomic mass is 16.6. The lowest BCUT2D eigenvalue weighted by Crippen LogP contribution is -2.58. The molecular formula is C17H23NO5. The molecule has 0 saturated carbocycles. The zero-order chi connectivity index (χ0) is 17.7. The van der Waals surface area contributed by atoms with Crippen LogP contribution in [0.2, 0.25) is 0 Å². The number of alkyl carbamates (subject to hydrolysis) is 1. The van der Waals surface area contributed by atoms with Gasteiger partial charge >= 0.3 is 12.1 Å². The number of ketones is 1. The molecule has 0 fully saturated rings. The first-order valence-corrected chi connectivity index (χ1v) is 7.32. The molecule has 0 aliphatic heterocycles. The summed E-state index contributed by atoms with van der Waals surface area (Å²) in [7, 11) is 0. The fraction of sp³-hybridized carbons (Fsp3) is 0.471. The molecular weight excluding hydrogens is 298 g/mol. The van der Waals surface area contributed by atoms with Gasteiger partial charge in [0.2, 0.25) is 0 Å². The van der Waals surface area contributed by atoms with E-state index in [-0.39, 0.29) is 18.6 Å². The third-order valence-electron chi connectivity index (χ3n) is 3.05. The Morgan fingerprint density at radius 2 is 1.70 bits per heavy atom. The number of carbonyl (C=O) groups excluding carboxylic acids is 2. The van der Waals surface area contributed by atoms with Gasteiger partial charge in [-0.3, -0.25) is 4.79 Å². The third-order valence-corrected chi connectivity index (χ3v) is 3.05. The van der Waals surface area contributed by atoms with Gasteiger partial charge in [-0.05, 0) is 33.3 Å². The van der Waals surface area contributed by atoms with Crippen LogP contribution in [0, 0.1) is 0 Å². The van der Waals surface area contributed by atoms with E-state index >= 15 is 0 Å². The summed E-state index contributed by atoms with van der Waals surface area (Å²) in [5, 5.41) is 12.0. The van der Waals surface area contributed by atoms with Gasteiger partial charge in [0.05, 0.1) is 0 Å². The third kappa shape index (κ3) is 6.10. The Morgan fingerprint density at radius 1 is 1.13 bits per heavy atom. The predicted molar refractivity (Wildman–Crippen MR) is 85.2 cm³/mol. The van der Waals surface area contributed by atoms with E-state index in [1.165, 1.54) is 6.92 Å². The van der Waals surface area contributed by atoms with Crippen molar-refractivity contribution in [2.75, 3.05) is 0 Å². The van der Waals surface area contributed by atoms with E-state index in [0.29, 0.717) is 5.56 Å². The summed E-state index contributed by atoms with van der Waals surface area (Å²) in [6.45, 7) is 6.32. The molecule has 0 heterocycles. The topological polar surface area (TPSA) is 92.7 Å². The van der Waals surface area contributed by atoms with E-state index in [0.717, 1.165) is 0 Å². The van der Waals surface area contributed by atoms with Crippen molar-refractivity contribution in [3.8, 4) is 0 Å². The molecule has 0 unspecified atom stereocenters. The van der Waals surface area contributed by atoms with Crippen LogP contribution in [0.15, 0.2) is 30.3 Å². The minimum atomic E-state index is -1.74. The molecule has 1 amide bonds. The Kier molecular flexibility index (Phi) is 5.90. The number of carbonyl (C=O) groups is 3. The number of rotatable bonds is 6. The van der Waals surface area contributed by atoms with E-state index in [1.54, 1.807) is 51.1 Å². The van der Waals surface area contributed by atoms with Gasteiger partial charge in [-0.15, -0.1) is 0 Å². The van der Waals surface area contributed by atoms with Crippen molar-refractivity contribution in [3.05, 3.63) is 35.9 Å². The molecule has 23 heavy (non-hydrogen) atoms. The Labute approximate surface area is 135 Å². The van der Waals surface area contributed by atoms with Gasteiger partial charge in [-0.25, -0.2) is 9.59 Å². The summed E-state index contributed by atoms with van der Waals surface area (Å²) >= 11 is 0. The monoisotopic (exact) mass is 321 g/mol. The van der Waals surface area contributed by atoms with Crippen LogP contribution in [0.3, 0.4) is 0 Å². The lowest BCUT2D eigenvalue weighted by atomic mass is 9.86. The van der Waals surface area contributed by atoms with Gasteiger partial charge in [-0.1, -0.05) is 30.3 Å². The minimum Gasteiger partial charge on any atom is -0.479 e. The molecule has 0 radical (unpaired) electrons. The Morgan fingerprint density at radius 3 is 2.13 bits per heavy atom. The molecule has 1 rings (SSSR count). The second-order valence-corrected chi connectivity index (χ2v) is 6.56. The van der Waals surface area contributed by atoms with Crippen molar-refractivity contribution >= 4 is 17.8 Å². The predicted octanol–water partition coefficient (Wildman–Crippen LogP) is 2.56. The average molecular weight is 321 g/mol. The van der Waals surface area contributed by atoms with E-state index in [1.807, 2.05) is 0 Å². The minimum absolute atomic E-state index is 0.0119. The smallest absolute Gasteiger partial charge is 0.408 e.